The van der Waals surface area contributed by atoms with E-state index in [2.05, 4.69) is 240 Å². The van der Waals surface area contributed by atoms with Crippen molar-refractivity contribution in [3.8, 4) is 44.1 Å². The summed E-state index contributed by atoms with van der Waals surface area (Å²) in [6.07, 6.45) is 1.90. The molecule has 1 N–H and O–H groups in total. The molecule has 74 heavy (non-hydrogen) atoms. The van der Waals surface area contributed by atoms with Crippen molar-refractivity contribution in [3.63, 3.8) is 0 Å². The van der Waals surface area contributed by atoms with Crippen molar-refractivity contribution in [1.82, 2.24) is 9.55 Å². The Bertz CT molecular complexity index is 3860. The molecule has 0 amide bonds. The molecule has 0 radical (unpaired) electrons. The van der Waals surface area contributed by atoms with Crippen molar-refractivity contribution in [3.05, 3.63) is 191 Å². The van der Waals surface area contributed by atoms with Crippen LogP contribution in [0.25, 0.3) is 70.4 Å². The van der Waals surface area contributed by atoms with Gasteiger partial charge < -0.3 is 9.67 Å². The number of benzene rings is 7. The second-order valence-electron chi connectivity index (χ2n) is 24.4. The first-order valence-corrected chi connectivity index (χ1v) is 26.6. The third kappa shape index (κ3) is 8.90. The number of hydrogen-bond donors (Lipinski definition) is 1. The van der Waals surface area contributed by atoms with Gasteiger partial charge in [0.25, 0.3) is 6.71 Å². The summed E-state index contributed by atoms with van der Waals surface area (Å²) in [5.74, 6) is 0.291. The molecular formula is C67H65BN3OPtS-. The van der Waals surface area contributed by atoms with E-state index in [1.54, 1.807) is 0 Å². The maximum atomic E-state index is 12.7. The van der Waals surface area contributed by atoms with Crippen molar-refractivity contribution >= 4 is 72.3 Å². The molecule has 374 valence electrons. The van der Waals surface area contributed by atoms with Gasteiger partial charge in [0.1, 0.15) is 11.4 Å². The summed E-state index contributed by atoms with van der Waals surface area (Å²) in [6.45, 7) is 29.0. The molecule has 0 saturated carbocycles. The fourth-order valence-electron chi connectivity index (χ4n) is 10.9. The molecule has 11 rings (SSSR count). The Morgan fingerprint density at radius 2 is 1.20 bits per heavy atom. The quantitative estimate of drug-likeness (QED) is 0.133. The number of nitrogens with zero attached hydrogens (tertiary/aromatic N) is 3. The monoisotopic (exact) mass is 1170 g/mol. The number of aliphatic imine (C=N–C) groups is 1. The third-order valence-corrected chi connectivity index (χ3v) is 16.4. The van der Waals surface area contributed by atoms with E-state index in [4.69, 9.17) is 9.98 Å². The second-order valence-corrected chi connectivity index (χ2v) is 25.5. The molecule has 0 spiro atoms. The fraction of sp³-hybridized carbons (Fsp3) is 0.254. The van der Waals surface area contributed by atoms with Crippen LogP contribution in [0.5, 0.6) is 5.75 Å². The van der Waals surface area contributed by atoms with Crippen LogP contribution >= 0.6 is 11.3 Å². The normalized spacial score (nSPS) is 13.2. The molecule has 4 nitrogen and oxygen atoms in total. The minimum Gasteiger partial charge on any atom is -0.507 e. The minimum absolute atomic E-state index is 0. The number of thiophene rings is 1. The molecule has 0 fully saturated rings. The Kier molecular flexibility index (Phi) is 12.8. The van der Waals surface area contributed by atoms with Crippen LogP contribution in [0, 0.1) is 13.0 Å². The van der Waals surface area contributed by atoms with Crippen molar-refractivity contribution < 1.29 is 26.2 Å². The number of fused-ring (bicyclic) bond motifs is 5. The summed E-state index contributed by atoms with van der Waals surface area (Å²) in [5.41, 5.74) is 18.3. The third-order valence-electron chi connectivity index (χ3n) is 15.1. The van der Waals surface area contributed by atoms with Gasteiger partial charge in [0.15, 0.2) is 0 Å². The van der Waals surface area contributed by atoms with E-state index >= 15 is 0 Å². The van der Waals surface area contributed by atoms with Crippen LogP contribution < -0.4 is 10.9 Å². The van der Waals surface area contributed by atoms with E-state index in [1.807, 2.05) is 23.6 Å². The predicted molar refractivity (Wildman–Crippen MR) is 314 cm³/mol. The van der Waals surface area contributed by atoms with Crippen LogP contribution in [-0.4, -0.2) is 27.0 Å². The molecule has 0 bridgehead atoms. The first kappa shape index (κ1) is 51.2. The predicted octanol–water partition coefficient (Wildman–Crippen LogP) is 16.7. The van der Waals surface area contributed by atoms with E-state index < -0.39 is 0 Å². The SMILES string of the molecule is Cc1c(-c2ccccc2)sc2cc3c(cc12)c1cccnc1n3-c1[c-]c(-c2cccc3c2N=C(c2cc(C(C)(C)C)cc(C(C)(C)C)c2O)B3c2ccc(C(C)(C)C)cc2-c2ccccc2)cc(C(C)(C)C)c1.[Pt]. The molecule has 7 aromatic carbocycles. The second kappa shape index (κ2) is 18.5. The maximum Gasteiger partial charge on any atom is 0.268 e. The van der Waals surface area contributed by atoms with Crippen molar-refractivity contribution in [2.75, 3.05) is 0 Å². The molecule has 3 aromatic heterocycles. The van der Waals surface area contributed by atoms with Crippen molar-refractivity contribution in [2.45, 2.75) is 112 Å². The van der Waals surface area contributed by atoms with Gasteiger partial charge >= 0.3 is 0 Å². The summed E-state index contributed by atoms with van der Waals surface area (Å²) in [4.78, 5) is 12.2. The van der Waals surface area contributed by atoms with Gasteiger partial charge in [0.2, 0.25) is 0 Å². The molecule has 0 unspecified atom stereocenters. The fourth-order valence-corrected chi connectivity index (χ4v) is 12.1. The Morgan fingerprint density at radius 3 is 1.86 bits per heavy atom. The van der Waals surface area contributed by atoms with Crippen LogP contribution in [0.2, 0.25) is 0 Å². The van der Waals surface area contributed by atoms with Crippen LogP contribution in [0.3, 0.4) is 0 Å². The first-order valence-electron chi connectivity index (χ1n) is 25.8. The molecule has 1 aliphatic rings. The summed E-state index contributed by atoms with van der Waals surface area (Å²) in [5, 5.41) is 16.3. The zero-order valence-corrected chi connectivity index (χ0v) is 48.1. The molecular weight excluding hydrogens is 1100 g/mol. The van der Waals surface area contributed by atoms with Crippen LogP contribution in [0.15, 0.2) is 157 Å². The van der Waals surface area contributed by atoms with Crippen LogP contribution in [-0.2, 0) is 42.7 Å². The number of rotatable bonds is 6. The van der Waals surface area contributed by atoms with E-state index in [0.29, 0.717) is 5.75 Å². The molecule has 10 aromatic rings. The van der Waals surface area contributed by atoms with Gasteiger partial charge in [0.05, 0.1) is 5.52 Å². The zero-order chi connectivity index (χ0) is 51.5. The van der Waals surface area contributed by atoms with Crippen LogP contribution in [0.4, 0.5) is 5.69 Å². The van der Waals surface area contributed by atoms with Gasteiger partial charge in [-0.3, -0.25) is 4.99 Å². The summed E-state index contributed by atoms with van der Waals surface area (Å²) < 4.78 is 3.57. The molecule has 0 atom stereocenters. The first-order chi connectivity index (χ1) is 34.6. The summed E-state index contributed by atoms with van der Waals surface area (Å²) in [6, 6.07) is 57.3. The Hall–Kier alpha value is -6.33. The van der Waals surface area contributed by atoms with Gasteiger partial charge in [-0.25, -0.2) is 4.98 Å². The standard InChI is InChI=1S/C67H65BN3OS.Pt/c1-40-50-38-52-49-27-21-31-69-63(49)71(57(52)39-58(50)73-61(40)42-24-18-15-19-25-42)47-33-43(32-45(34-47)65(5,6)7)48-26-20-28-56-59(48)70-62(53-36-46(66(8,9)10)37-54(60(53)72)67(11,12)13)68(56)55-30-29-44(64(2,3)4)35-51(55)41-22-16-14-17-23-41;/h14-32,34-39,72H,1-13H3;/q-1;. The maximum absolute atomic E-state index is 12.7. The van der Waals surface area contributed by atoms with E-state index in [1.165, 1.54) is 48.2 Å². The Labute approximate surface area is 457 Å². The van der Waals surface area contributed by atoms with Gasteiger partial charge in [-0.15, -0.1) is 40.7 Å². The minimum atomic E-state index is -0.324. The van der Waals surface area contributed by atoms with E-state index in [0.717, 1.165) is 77.8 Å². The van der Waals surface area contributed by atoms with Crippen molar-refractivity contribution in [1.29, 1.82) is 0 Å². The number of aromatic nitrogens is 2. The summed E-state index contributed by atoms with van der Waals surface area (Å²) >= 11 is 1.85. The summed E-state index contributed by atoms with van der Waals surface area (Å²) in [7, 11) is 0. The largest absolute Gasteiger partial charge is 0.507 e. The molecule has 1 aliphatic heterocycles. The van der Waals surface area contributed by atoms with Gasteiger partial charge in [-0.2, -0.15) is 0 Å². The molecule has 7 heteroatoms. The van der Waals surface area contributed by atoms with Crippen LogP contribution in [0.1, 0.15) is 116 Å². The average molecular weight is 1170 g/mol. The zero-order valence-electron chi connectivity index (χ0n) is 45.0. The van der Waals surface area contributed by atoms with E-state index in [-0.39, 0.29) is 49.4 Å². The smallest absolute Gasteiger partial charge is 0.268 e. The van der Waals surface area contributed by atoms with Gasteiger partial charge in [0, 0.05) is 70.0 Å². The Balaban J connectivity index is 0.00000626. The van der Waals surface area contributed by atoms with Gasteiger partial charge in [-0.1, -0.05) is 203 Å². The number of pyridine rings is 1. The topological polar surface area (TPSA) is 50.4 Å². The Morgan fingerprint density at radius 1 is 0.554 bits per heavy atom. The number of aromatic hydroxyl groups is 1. The number of phenolic OH excluding ortho intramolecular Hbond substituents is 1. The molecule has 0 saturated heterocycles. The average Bonchev–Trinajstić information content (AvgIpc) is 4.01. The molecule has 4 heterocycles. The van der Waals surface area contributed by atoms with E-state index in [9.17, 15) is 5.11 Å². The number of aryl methyl sites for hydroxylation is 1. The molecule has 0 aliphatic carbocycles. The van der Waals surface area contributed by atoms with Crippen molar-refractivity contribution in [2.24, 2.45) is 4.99 Å². The number of hydrogen-bond acceptors (Lipinski definition) is 4. The van der Waals surface area contributed by atoms with Gasteiger partial charge in [-0.05, 0) is 103 Å². The number of phenols is 1. The number of para-hydroxylation sites is 1.